The number of nitrogens with zero attached hydrogens (tertiary/aromatic N) is 4. The van der Waals surface area contributed by atoms with E-state index >= 15 is 0 Å². The molecule has 3 aromatic heterocycles. The van der Waals surface area contributed by atoms with E-state index in [0.717, 1.165) is 5.69 Å². The number of nitrogens with one attached hydrogen (secondary N) is 3. The minimum absolute atomic E-state index is 0.0528. The SMILES string of the molecule is Cc1cc(C(=O)Nc2cccc(C(=O)c3ccc4[nH]c(O)c(C=Nc5ccn[nH]5)c4c3)c2)n(C)n1. The Bertz CT molecular complexity index is 1590. The van der Waals surface area contributed by atoms with E-state index in [9.17, 15) is 14.7 Å². The van der Waals surface area contributed by atoms with Gasteiger partial charge in [0.1, 0.15) is 11.5 Å². The monoisotopic (exact) mass is 467 g/mol. The van der Waals surface area contributed by atoms with E-state index in [2.05, 4.69) is 30.6 Å². The third-order valence-electron chi connectivity index (χ3n) is 5.52. The van der Waals surface area contributed by atoms with Gasteiger partial charge in [0.15, 0.2) is 11.7 Å². The standard InChI is InChI=1S/C25H21N7O3/c1-14-10-21(32(2)31-14)25(35)28-17-5-3-4-15(11-17)23(33)16-6-7-20-18(12-16)19(24(34)29-20)13-26-22-8-9-27-30-22/h3-13,29,34H,1-2H3,(H,27,30)(H,28,35). The molecule has 2 aromatic carbocycles. The van der Waals surface area contributed by atoms with Crippen LogP contribution in [0.5, 0.6) is 5.88 Å². The van der Waals surface area contributed by atoms with Gasteiger partial charge in [0.05, 0.1) is 17.5 Å². The first-order valence-corrected chi connectivity index (χ1v) is 10.7. The Kier molecular flexibility index (Phi) is 5.46. The predicted molar refractivity (Wildman–Crippen MR) is 132 cm³/mol. The summed E-state index contributed by atoms with van der Waals surface area (Å²) in [6.07, 6.45) is 3.08. The predicted octanol–water partition coefficient (Wildman–Crippen LogP) is 3.87. The quantitative estimate of drug-likeness (QED) is 0.222. The Morgan fingerprint density at radius 1 is 1.11 bits per heavy atom. The summed E-state index contributed by atoms with van der Waals surface area (Å²) in [6.45, 7) is 1.81. The van der Waals surface area contributed by atoms with Crippen LogP contribution >= 0.6 is 0 Å². The zero-order valence-electron chi connectivity index (χ0n) is 18.9. The molecule has 0 bridgehead atoms. The first-order valence-electron chi connectivity index (χ1n) is 10.7. The Labute approximate surface area is 199 Å². The molecule has 174 valence electrons. The minimum atomic E-state index is -0.317. The highest BCUT2D eigenvalue weighted by molar-refractivity contribution is 6.13. The fourth-order valence-electron chi connectivity index (χ4n) is 3.85. The van der Waals surface area contributed by atoms with Crippen LogP contribution in [0.15, 0.2) is 65.8 Å². The zero-order valence-corrected chi connectivity index (χ0v) is 18.9. The summed E-state index contributed by atoms with van der Waals surface area (Å²) >= 11 is 0. The fourth-order valence-corrected chi connectivity index (χ4v) is 3.85. The Morgan fingerprint density at radius 2 is 1.94 bits per heavy atom. The Hall–Kier alpha value is -4.99. The molecule has 3 heterocycles. The van der Waals surface area contributed by atoms with Crippen LogP contribution in [-0.4, -0.2) is 48.0 Å². The number of amides is 1. The van der Waals surface area contributed by atoms with Crippen LogP contribution in [0.4, 0.5) is 11.5 Å². The lowest BCUT2D eigenvalue weighted by Gasteiger charge is -2.08. The normalized spacial score (nSPS) is 11.4. The molecule has 1 amide bonds. The number of H-pyrrole nitrogens is 2. The smallest absolute Gasteiger partial charge is 0.273 e. The number of rotatable bonds is 6. The van der Waals surface area contributed by atoms with Gasteiger partial charge in [0.2, 0.25) is 0 Å². The molecule has 0 atom stereocenters. The van der Waals surface area contributed by atoms with Crippen molar-refractivity contribution in [2.24, 2.45) is 12.0 Å². The molecular weight excluding hydrogens is 446 g/mol. The maximum absolute atomic E-state index is 13.3. The average molecular weight is 467 g/mol. The van der Waals surface area contributed by atoms with Crippen molar-refractivity contribution in [3.05, 3.63) is 88.9 Å². The molecule has 0 spiro atoms. The number of fused-ring (bicyclic) bond motifs is 1. The molecule has 4 N–H and O–H groups in total. The second-order valence-electron chi connectivity index (χ2n) is 8.01. The number of anilines is 1. The molecule has 0 aliphatic rings. The van der Waals surface area contributed by atoms with Crippen molar-refractivity contribution in [2.45, 2.75) is 6.92 Å². The summed E-state index contributed by atoms with van der Waals surface area (Å²) in [6, 6.07) is 15.2. The number of hydrogen-bond acceptors (Lipinski definition) is 6. The van der Waals surface area contributed by atoms with Crippen LogP contribution in [-0.2, 0) is 7.05 Å². The van der Waals surface area contributed by atoms with Crippen molar-refractivity contribution in [3.63, 3.8) is 0 Å². The summed E-state index contributed by atoms with van der Waals surface area (Å²) in [5.41, 5.74) is 3.61. The number of carbonyl (C=O) groups excluding carboxylic acids is 2. The van der Waals surface area contributed by atoms with Crippen LogP contribution < -0.4 is 5.32 Å². The van der Waals surface area contributed by atoms with E-state index in [4.69, 9.17) is 0 Å². The van der Waals surface area contributed by atoms with E-state index in [1.807, 2.05) is 6.92 Å². The number of carbonyl (C=O) groups is 2. The zero-order chi connectivity index (χ0) is 24.5. The maximum atomic E-state index is 13.3. The molecule has 0 saturated carbocycles. The van der Waals surface area contributed by atoms with Gasteiger partial charge < -0.3 is 15.4 Å². The maximum Gasteiger partial charge on any atom is 0.273 e. The summed E-state index contributed by atoms with van der Waals surface area (Å²) in [5.74, 6) is -0.0614. The number of hydrogen-bond donors (Lipinski definition) is 4. The number of aromatic hydroxyl groups is 1. The van der Waals surface area contributed by atoms with Gasteiger partial charge in [-0.3, -0.25) is 19.4 Å². The Morgan fingerprint density at radius 3 is 2.69 bits per heavy atom. The number of aromatic amines is 2. The molecule has 0 aliphatic carbocycles. The lowest BCUT2D eigenvalue weighted by Crippen LogP contribution is -2.16. The molecule has 10 nitrogen and oxygen atoms in total. The average Bonchev–Trinajstić information content (AvgIpc) is 3.55. The number of benzene rings is 2. The lowest BCUT2D eigenvalue weighted by molar-refractivity contribution is 0.101. The molecule has 5 aromatic rings. The molecule has 0 unspecified atom stereocenters. The highest BCUT2D eigenvalue weighted by Crippen LogP contribution is 2.28. The van der Waals surface area contributed by atoms with Crippen molar-refractivity contribution in [3.8, 4) is 5.88 Å². The van der Waals surface area contributed by atoms with Crippen LogP contribution in [0.3, 0.4) is 0 Å². The summed E-state index contributed by atoms with van der Waals surface area (Å²) in [4.78, 5) is 33.1. The van der Waals surface area contributed by atoms with Crippen LogP contribution in [0.25, 0.3) is 10.9 Å². The molecule has 0 saturated heterocycles. The molecule has 10 heteroatoms. The van der Waals surface area contributed by atoms with Gasteiger partial charge in [-0.05, 0) is 43.3 Å². The number of aliphatic imine (C=N–C) groups is 1. The van der Waals surface area contributed by atoms with E-state index < -0.39 is 0 Å². The van der Waals surface area contributed by atoms with Crippen LogP contribution in [0, 0.1) is 6.92 Å². The second-order valence-corrected chi connectivity index (χ2v) is 8.01. The van der Waals surface area contributed by atoms with Crippen molar-refractivity contribution in [2.75, 3.05) is 5.32 Å². The minimum Gasteiger partial charge on any atom is -0.494 e. The highest BCUT2D eigenvalue weighted by Gasteiger charge is 2.16. The Balaban J connectivity index is 1.42. The summed E-state index contributed by atoms with van der Waals surface area (Å²) in [5, 5.41) is 24.6. The highest BCUT2D eigenvalue weighted by atomic mass is 16.3. The first-order chi connectivity index (χ1) is 16.9. The van der Waals surface area contributed by atoms with Gasteiger partial charge >= 0.3 is 0 Å². The van der Waals surface area contributed by atoms with E-state index in [-0.39, 0.29) is 17.6 Å². The lowest BCUT2D eigenvalue weighted by atomic mass is 10.0. The molecular formula is C25H21N7O3. The molecule has 35 heavy (non-hydrogen) atoms. The van der Waals surface area contributed by atoms with Gasteiger partial charge in [0.25, 0.3) is 5.91 Å². The number of ketones is 1. The first kappa shape index (κ1) is 21.8. The van der Waals surface area contributed by atoms with Crippen molar-refractivity contribution in [1.82, 2.24) is 25.0 Å². The summed E-state index contributed by atoms with van der Waals surface area (Å²) in [7, 11) is 1.70. The van der Waals surface area contributed by atoms with Crippen LogP contribution in [0.2, 0.25) is 0 Å². The molecule has 5 rings (SSSR count). The van der Waals surface area contributed by atoms with Crippen molar-refractivity contribution >= 4 is 40.3 Å². The largest absolute Gasteiger partial charge is 0.494 e. The van der Waals surface area contributed by atoms with Crippen molar-refractivity contribution in [1.29, 1.82) is 0 Å². The van der Waals surface area contributed by atoms with E-state index in [1.54, 1.807) is 67.8 Å². The van der Waals surface area contributed by atoms with E-state index in [0.29, 0.717) is 44.8 Å². The summed E-state index contributed by atoms with van der Waals surface area (Å²) < 4.78 is 1.51. The number of aryl methyl sites for hydroxylation is 2. The molecule has 0 aliphatic heterocycles. The topological polar surface area (TPSA) is 141 Å². The van der Waals surface area contributed by atoms with Gasteiger partial charge in [-0.25, -0.2) is 4.99 Å². The fraction of sp³-hybridized carbons (Fsp3) is 0.0800. The van der Waals surface area contributed by atoms with Gasteiger partial charge in [-0.15, -0.1) is 0 Å². The molecule has 0 fully saturated rings. The third kappa shape index (κ3) is 4.32. The third-order valence-corrected chi connectivity index (χ3v) is 5.52. The van der Waals surface area contributed by atoms with Crippen LogP contribution in [0.1, 0.15) is 37.7 Å². The molecule has 0 radical (unpaired) electrons. The van der Waals surface area contributed by atoms with Crippen molar-refractivity contribution < 1.29 is 14.7 Å². The second kappa shape index (κ2) is 8.75. The van der Waals surface area contributed by atoms with E-state index in [1.165, 1.54) is 10.9 Å². The van der Waals surface area contributed by atoms with Gasteiger partial charge in [0, 0.05) is 47.0 Å². The number of aromatic nitrogens is 5. The van der Waals surface area contributed by atoms with Gasteiger partial charge in [-0.2, -0.15) is 10.2 Å². The van der Waals surface area contributed by atoms with Gasteiger partial charge in [-0.1, -0.05) is 12.1 Å².